The van der Waals surface area contributed by atoms with Gasteiger partial charge in [-0.2, -0.15) is 5.26 Å². The number of benzene rings is 1. The number of hydrogen-bond donors (Lipinski definition) is 1. The Bertz CT molecular complexity index is 463. The van der Waals surface area contributed by atoms with Crippen LogP contribution in [0.2, 0.25) is 5.02 Å². The van der Waals surface area contributed by atoms with Crippen molar-refractivity contribution in [2.75, 3.05) is 6.61 Å². The van der Waals surface area contributed by atoms with E-state index in [0.29, 0.717) is 16.3 Å². The van der Waals surface area contributed by atoms with Crippen LogP contribution >= 0.6 is 11.6 Å². The summed E-state index contributed by atoms with van der Waals surface area (Å²) in [6.45, 7) is -0.435. The fraction of sp³-hybridized carbons (Fsp3) is 0.0909. The van der Waals surface area contributed by atoms with Crippen LogP contribution in [0.1, 0.15) is 5.56 Å². The fourth-order valence-corrected chi connectivity index (χ4v) is 1.23. The molecule has 0 heterocycles. The van der Waals surface area contributed by atoms with Gasteiger partial charge in [0.2, 0.25) is 0 Å². The number of carbonyl (C=O) groups is 1. The first-order valence-corrected chi connectivity index (χ1v) is 4.71. The fourth-order valence-electron chi connectivity index (χ4n) is 1.05. The van der Waals surface area contributed by atoms with Crippen LogP contribution in [0, 0.1) is 11.3 Å². The van der Waals surface area contributed by atoms with E-state index in [9.17, 15) is 4.79 Å². The highest BCUT2D eigenvalue weighted by Gasteiger charge is 2.04. The van der Waals surface area contributed by atoms with Crippen LogP contribution in [-0.2, 0) is 4.79 Å². The Morgan fingerprint density at radius 2 is 2.38 bits per heavy atom. The Morgan fingerprint density at radius 3 is 3.00 bits per heavy atom. The number of hydrogen-bond acceptors (Lipinski definition) is 3. The topological polar surface area (TPSA) is 70.3 Å². The van der Waals surface area contributed by atoms with Gasteiger partial charge < -0.3 is 9.84 Å². The predicted octanol–water partition coefficient (Wildman–Crippen LogP) is 2.34. The molecule has 1 rings (SSSR count). The smallest absolute Gasteiger partial charge is 0.341 e. The summed E-state index contributed by atoms with van der Waals surface area (Å²) in [5.74, 6) is -0.691. The van der Waals surface area contributed by atoms with Crippen molar-refractivity contribution >= 4 is 23.6 Å². The van der Waals surface area contributed by atoms with Crippen LogP contribution in [0.5, 0.6) is 5.75 Å². The van der Waals surface area contributed by atoms with Gasteiger partial charge in [-0.05, 0) is 24.3 Å². The third-order valence-electron chi connectivity index (χ3n) is 1.66. The van der Waals surface area contributed by atoms with Crippen molar-refractivity contribution in [3.63, 3.8) is 0 Å². The molecule has 0 saturated carbocycles. The average molecular weight is 238 g/mol. The molecule has 0 radical (unpaired) electrons. The summed E-state index contributed by atoms with van der Waals surface area (Å²) in [6, 6.07) is 6.57. The lowest BCUT2D eigenvalue weighted by atomic mass is 10.2. The molecule has 0 aliphatic carbocycles. The van der Waals surface area contributed by atoms with Gasteiger partial charge in [-0.3, -0.25) is 0 Å². The van der Waals surface area contributed by atoms with Gasteiger partial charge in [0.1, 0.15) is 5.75 Å². The van der Waals surface area contributed by atoms with Crippen molar-refractivity contribution in [3.05, 3.63) is 34.9 Å². The molecular formula is C11H8ClNO3. The van der Waals surface area contributed by atoms with Gasteiger partial charge in [0.15, 0.2) is 6.61 Å². The molecule has 1 aromatic carbocycles. The maximum atomic E-state index is 10.3. The number of allylic oxidation sites excluding steroid dienone is 1. The monoisotopic (exact) mass is 237 g/mol. The number of ether oxygens (including phenoxy) is 1. The Morgan fingerprint density at radius 1 is 1.62 bits per heavy atom. The van der Waals surface area contributed by atoms with E-state index in [2.05, 4.69) is 0 Å². The molecule has 82 valence electrons. The molecule has 0 aromatic heterocycles. The molecule has 4 nitrogen and oxygen atoms in total. The Balaban J connectivity index is 2.94. The number of nitriles is 1. The summed E-state index contributed by atoms with van der Waals surface area (Å²) in [6.07, 6.45) is 2.77. The van der Waals surface area contributed by atoms with E-state index in [1.807, 2.05) is 6.07 Å². The quantitative estimate of drug-likeness (QED) is 0.816. The van der Waals surface area contributed by atoms with Crippen molar-refractivity contribution < 1.29 is 14.6 Å². The number of carboxylic acids is 1. The van der Waals surface area contributed by atoms with Gasteiger partial charge in [0, 0.05) is 16.7 Å². The second-order valence-corrected chi connectivity index (χ2v) is 3.26. The minimum Gasteiger partial charge on any atom is -0.481 e. The number of carboxylic acid groups (broad SMARTS) is 1. The van der Waals surface area contributed by atoms with Crippen molar-refractivity contribution in [3.8, 4) is 11.8 Å². The van der Waals surface area contributed by atoms with Crippen molar-refractivity contribution in [2.24, 2.45) is 0 Å². The molecule has 0 bridgehead atoms. The molecule has 16 heavy (non-hydrogen) atoms. The van der Waals surface area contributed by atoms with E-state index in [1.54, 1.807) is 18.2 Å². The highest BCUT2D eigenvalue weighted by Crippen LogP contribution is 2.24. The van der Waals surface area contributed by atoms with Crippen LogP contribution in [0.4, 0.5) is 0 Å². The van der Waals surface area contributed by atoms with Crippen LogP contribution in [0.3, 0.4) is 0 Å². The Labute approximate surface area is 97.3 Å². The SMILES string of the molecule is N#C/C=C\c1cc(Cl)ccc1OCC(=O)O. The first kappa shape index (κ1) is 12.1. The zero-order valence-corrected chi connectivity index (χ0v) is 8.94. The third-order valence-corrected chi connectivity index (χ3v) is 1.90. The summed E-state index contributed by atoms with van der Waals surface area (Å²) in [5.41, 5.74) is 0.565. The zero-order valence-electron chi connectivity index (χ0n) is 8.18. The van der Waals surface area contributed by atoms with E-state index in [1.165, 1.54) is 12.2 Å². The number of aliphatic carboxylic acids is 1. The third kappa shape index (κ3) is 3.64. The molecule has 1 aromatic rings. The van der Waals surface area contributed by atoms with E-state index in [-0.39, 0.29) is 0 Å². The lowest BCUT2D eigenvalue weighted by molar-refractivity contribution is -0.139. The van der Waals surface area contributed by atoms with Crippen LogP contribution in [0.15, 0.2) is 24.3 Å². The molecule has 1 N–H and O–H groups in total. The second-order valence-electron chi connectivity index (χ2n) is 2.83. The largest absolute Gasteiger partial charge is 0.481 e. The first-order chi connectivity index (χ1) is 7.63. The number of rotatable bonds is 4. The van der Waals surface area contributed by atoms with E-state index >= 15 is 0 Å². The molecule has 0 fully saturated rings. The van der Waals surface area contributed by atoms with Crippen LogP contribution in [0.25, 0.3) is 6.08 Å². The summed E-state index contributed by atoms with van der Waals surface area (Å²) >= 11 is 5.77. The first-order valence-electron chi connectivity index (χ1n) is 4.34. The summed E-state index contributed by atoms with van der Waals surface area (Å²) in [4.78, 5) is 10.3. The number of halogens is 1. The highest BCUT2D eigenvalue weighted by molar-refractivity contribution is 6.30. The Kier molecular flexibility index (Phi) is 4.37. The molecule has 0 aliphatic heterocycles. The van der Waals surface area contributed by atoms with Gasteiger partial charge in [-0.15, -0.1) is 0 Å². The van der Waals surface area contributed by atoms with E-state index < -0.39 is 12.6 Å². The minimum absolute atomic E-state index is 0.373. The standard InChI is InChI=1S/C11H8ClNO3/c12-9-3-4-10(16-7-11(14)15)8(6-9)2-1-5-13/h1-4,6H,7H2,(H,14,15)/b2-1-. The maximum absolute atomic E-state index is 10.3. The summed E-state index contributed by atoms with van der Waals surface area (Å²) in [5, 5.41) is 17.4. The zero-order chi connectivity index (χ0) is 12.0. The van der Waals surface area contributed by atoms with Crippen molar-refractivity contribution in [2.45, 2.75) is 0 Å². The number of nitrogens with zero attached hydrogens (tertiary/aromatic N) is 1. The van der Waals surface area contributed by atoms with Gasteiger partial charge >= 0.3 is 5.97 Å². The molecule has 5 heteroatoms. The molecule has 0 saturated heterocycles. The molecule has 0 atom stereocenters. The highest BCUT2D eigenvalue weighted by atomic mass is 35.5. The van der Waals surface area contributed by atoms with Crippen molar-refractivity contribution in [1.29, 1.82) is 5.26 Å². The normalized spacial score (nSPS) is 10.0. The molecule has 0 amide bonds. The van der Waals surface area contributed by atoms with Gasteiger partial charge in [-0.25, -0.2) is 4.79 Å². The lowest BCUT2D eigenvalue weighted by Gasteiger charge is -2.06. The van der Waals surface area contributed by atoms with E-state index in [0.717, 1.165) is 0 Å². The Hall–Kier alpha value is -1.99. The van der Waals surface area contributed by atoms with Crippen molar-refractivity contribution in [1.82, 2.24) is 0 Å². The van der Waals surface area contributed by atoms with Gasteiger partial charge in [0.05, 0.1) is 6.07 Å². The minimum atomic E-state index is -1.06. The lowest BCUT2D eigenvalue weighted by Crippen LogP contribution is -2.09. The molecular weight excluding hydrogens is 230 g/mol. The predicted molar refractivity (Wildman–Crippen MR) is 59.2 cm³/mol. The second kappa shape index (κ2) is 5.79. The average Bonchev–Trinajstić information content (AvgIpc) is 2.24. The maximum Gasteiger partial charge on any atom is 0.341 e. The molecule has 0 unspecified atom stereocenters. The molecule has 0 aliphatic rings. The van der Waals surface area contributed by atoms with Crippen LogP contribution in [-0.4, -0.2) is 17.7 Å². The summed E-state index contributed by atoms with van der Waals surface area (Å²) < 4.78 is 5.03. The van der Waals surface area contributed by atoms with Gasteiger partial charge in [-0.1, -0.05) is 11.6 Å². The summed E-state index contributed by atoms with van der Waals surface area (Å²) in [7, 11) is 0. The van der Waals surface area contributed by atoms with E-state index in [4.69, 9.17) is 26.7 Å². The van der Waals surface area contributed by atoms with Crippen LogP contribution < -0.4 is 4.74 Å². The van der Waals surface area contributed by atoms with Gasteiger partial charge in [0.25, 0.3) is 0 Å². The molecule has 0 spiro atoms.